The van der Waals surface area contributed by atoms with E-state index in [1.807, 2.05) is 12.1 Å². The standard InChI is InChI=1S/C10H5BrN2OS/c11-4-3-10(14)13-7-1-2-8-9(5-7)15-6-12-8/h1-2,5-6H,(H,13,14). The highest BCUT2D eigenvalue weighted by molar-refractivity contribution is 9.12. The van der Waals surface area contributed by atoms with Crippen molar-refractivity contribution in [2.75, 3.05) is 5.32 Å². The summed E-state index contributed by atoms with van der Waals surface area (Å²) in [7, 11) is 0. The lowest BCUT2D eigenvalue weighted by Gasteiger charge is -1.99. The Morgan fingerprint density at radius 3 is 3.20 bits per heavy atom. The molecule has 0 aliphatic heterocycles. The van der Waals surface area contributed by atoms with Gasteiger partial charge in [0.25, 0.3) is 0 Å². The quantitative estimate of drug-likeness (QED) is 0.816. The first-order chi connectivity index (χ1) is 7.29. The molecule has 3 nitrogen and oxygen atoms in total. The van der Waals surface area contributed by atoms with E-state index < -0.39 is 0 Å². The zero-order chi connectivity index (χ0) is 10.7. The summed E-state index contributed by atoms with van der Waals surface area (Å²) in [6.07, 6.45) is 0. The first-order valence-corrected chi connectivity index (χ1v) is 5.73. The predicted molar refractivity (Wildman–Crippen MR) is 65.0 cm³/mol. The van der Waals surface area contributed by atoms with Crippen molar-refractivity contribution in [1.82, 2.24) is 4.98 Å². The number of thiazole rings is 1. The van der Waals surface area contributed by atoms with Crippen molar-refractivity contribution in [3.05, 3.63) is 23.7 Å². The molecule has 5 heteroatoms. The monoisotopic (exact) mass is 280 g/mol. The molecule has 0 atom stereocenters. The van der Waals surface area contributed by atoms with Gasteiger partial charge in [-0.15, -0.1) is 11.3 Å². The zero-order valence-corrected chi connectivity index (χ0v) is 9.85. The van der Waals surface area contributed by atoms with Gasteiger partial charge in [0.15, 0.2) is 0 Å². The van der Waals surface area contributed by atoms with E-state index >= 15 is 0 Å². The number of carbonyl (C=O) groups is 1. The molecule has 1 N–H and O–H groups in total. The van der Waals surface area contributed by atoms with Crippen molar-refractivity contribution in [2.45, 2.75) is 0 Å². The first-order valence-electron chi connectivity index (χ1n) is 4.05. The number of aromatic nitrogens is 1. The third kappa shape index (κ3) is 2.35. The summed E-state index contributed by atoms with van der Waals surface area (Å²) in [5.74, 6) is 2.00. The van der Waals surface area contributed by atoms with Crippen molar-refractivity contribution in [2.24, 2.45) is 0 Å². The third-order valence-electron chi connectivity index (χ3n) is 1.75. The Morgan fingerprint density at radius 1 is 1.53 bits per heavy atom. The van der Waals surface area contributed by atoms with Crippen molar-refractivity contribution in [3.63, 3.8) is 0 Å². The molecule has 2 aromatic rings. The van der Waals surface area contributed by atoms with Gasteiger partial charge in [-0.2, -0.15) is 0 Å². The van der Waals surface area contributed by atoms with E-state index in [4.69, 9.17) is 0 Å². The molecule has 0 aliphatic carbocycles. The van der Waals surface area contributed by atoms with Crippen molar-refractivity contribution in [1.29, 1.82) is 0 Å². The summed E-state index contributed by atoms with van der Waals surface area (Å²) in [4.78, 5) is 17.7. The van der Waals surface area contributed by atoms with Crippen molar-refractivity contribution < 1.29 is 4.79 Å². The van der Waals surface area contributed by atoms with E-state index in [0.717, 1.165) is 15.9 Å². The van der Waals surface area contributed by atoms with E-state index in [2.05, 4.69) is 37.0 Å². The topological polar surface area (TPSA) is 42.0 Å². The van der Waals surface area contributed by atoms with Crippen molar-refractivity contribution >= 4 is 49.1 Å². The molecule has 0 spiro atoms. The smallest absolute Gasteiger partial charge is 0.301 e. The van der Waals surface area contributed by atoms with Crippen LogP contribution >= 0.6 is 27.3 Å². The molecule has 0 unspecified atom stereocenters. The Morgan fingerprint density at radius 2 is 2.40 bits per heavy atom. The van der Waals surface area contributed by atoms with Gasteiger partial charge in [0, 0.05) is 27.5 Å². The summed E-state index contributed by atoms with van der Waals surface area (Å²) >= 11 is 4.40. The fraction of sp³-hybridized carbons (Fsp3) is 0. The van der Waals surface area contributed by atoms with Gasteiger partial charge >= 0.3 is 5.91 Å². The number of carbonyl (C=O) groups excluding carboxylic acids is 1. The lowest BCUT2D eigenvalue weighted by molar-refractivity contribution is -0.111. The lowest BCUT2D eigenvalue weighted by atomic mass is 10.3. The van der Waals surface area contributed by atoms with E-state index in [1.54, 1.807) is 11.6 Å². The Labute approximate surface area is 98.6 Å². The maximum Gasteiger partial charge on any atom is 0.301 e. The molecular formula is C10H5BrN2OS. The number of hydrogen-bond donors (Lipinski definition) is 1. The highest BCUT2D eigenvalue weighted by Gasteiger charge is 2.00. The number of nitrogens with zero attached hydrogens (tertiary/aromatic N) is 1. The minimum Gasteiger partial charge on any atom is -0.315 e. The van der Waals surface area contributed by atoms with E-state index in [-0.39, 0.29) is 5.91 Å². The van der Waals surface area contributed by atoms with Gasteiger partial charge < -0.3 is 5.32 Å². The highest BCUT2D eigenvalue weighted by atomic mass is 79.9. The molecule has 2 rings (SSSR count). The highest BCUT2D eigenvalue weighted by Crippen LogP contribution is 2.21. The van der Waals surface area contributed by atoms with Crippen LogP contribution in [0.15, 0.2) is 23.7 Å². The van der Waals surface area contributed by atoms with Crippen LogP contribution in [-0.4, -0.2) is 10.9 Å². The largest absolute Gasteiger partial charge is 0.315 e. The minimum absolute atomic E-state index is 0.337. The van der Waals surface area contributed by atoms with Crippen LogP contribution in [0.4, 0.5) is 5.69 Å². The molecule has 0 radical (unpaired) electrons. The van der Waals surface area contributed by atoms with Gasteiger partial charge in [-0.3, -0.25) is 4.79 Å². The third-order valence-corrected chi connectivity index (χ3v) is 2.74. The molecule has 1 amide bonds. The van der Waals surface area contributed by atoms with Gasteiger partial charge in [0.05, 0.1) is 15.7 Å². The second-order valence-electron chi connectivity index (χ2n) is 2.71. The number of anilines is 1. The van der Waals surface area contributed by atoms with Gasteiger partial charge in [-0.25, -0.2) is 4.98 Å². The number of amides is 1. The second-order valence-corrected chi connectivity index (χ2v) is 3.99. The molecular weight excluding hydrogens is 276 g/mol. The van der Waals surface area contributed by atoms with E-state index in [9.17, 15) is 4.79 Å². The van der Waals surface area contributed by atoms with Gasteiger partial charge in [0.1, 0.15) is 0 Å². The summed E-state index contributed by atoms with van der Waals surface area (Å²) < 4.78 is 1.04. The Bertz CT molecular complexity index is 567. The molecule has 0 bridgehead atoms. The molecule has 1 heterocycles. The maximum absolute atomic E-state index is 11.2. The van der Waals surface area contributed by atoms with E-state index in [0.29, 0.717) is 0 Å². The average molecular weight is 281 g/mol. The fourth-order valence-electron chi connectivity index (χ4n) is 1.14. The van der Waals surface area contributed by atoms with Crippen LogP contribution in [0.3, 0.4) is 0 Å². The molecule has 1 aromatic heterocycles. The van der Waals surface area contributed by atoms with Crippen LogP contribution < -0.4 is 5.32 Å². The van der Waals surface area contributed by atoms with Crippen LogP contribution in [-0.2, 0) is 4.79 Å². The lowest BCUT2D eigenvalue weighted by Crippen LogP contribution is -2.07. The van der Waals surface area contributed by atoms with Crippen LogP contribution in [0.5, 0.6) is 0 Å². The number of fused-ring (bicyclic) bond motifs is 1. The summed E-state index contributed by atoms with van der Waals surface area (Å²) in [6.45, 7) is 0. The fourth-order valence-corrected chi connectivity index (χ4v) is 2.03. The summed E-state index contributed by atoms with van der Waals surface area (Å²) in [5, 5.41) is 2.66. The van der Waals surface area contributed by atoms with Crippen LogP contribution in [0.25, 0.3) is 10.2 Å². The van der Waals surface area contributed by atoms with Crippen LogP contribution in [0, 0.1) is 10.8 Å². The molecule has 0 aliphatic rings. The summed E-state index contributed by atoms with van der Waals surface area (Å²) in [6, 6.07) is 5.54. The number of hydrogen-bond acceptors (Lipinski definition) is 3. The molecule has 0 fully saturated rings. The molecule has 1 aromatic carbocycles. The number of nitrogens with one attached hydrogen (secondary N) is 1. The SMILES string of the molecule is O=C(C#CBr)Nc1ccc2ncsc2c1. The van der Waals surface area contributed by atoms with Crippen molar-refractivity contribution in [3.8, 4) is 10.8 Å². The zero-order valence-electron chi connectivity index (χ0n) is 7.45. The average Bonchev–Trinajstić information content (AvgIpc) is 2.65. The van der Waals surface area contributed by atoms with Crippen LogP contribution in [0.2, 0.25) is 0 Å². The maximum atomic E-state index is 11.2. The number of halogens is 1. The Kier molecular flexibility index (Phi) is 2.99. The Hall–Kier alpha value is -1.38. The van der Waals surface area contributed by atoms with Gasteiger partial charge in [0.2, 0.25) is 0 Å². The number of benzene rings is 1. The predicted octanol–water partition coefficient (Wildman–Crippen LogP) is 2.59. The first kappa shape index (κ1) is 10.1. The molecule has 0 saturated carbocycles. The Balaban J connectivity index is 2.27. The second kappa shape index (κ2) is 4.43. The molecule has 15 heavy (non-hydrogen) atoms. The summed E-state index contributed by atoms with van der Waals surface area (Å²) in [5.41, 5.74) is 3.44. The molecule has 74 valence electrons. The normalized spacial score (nSPS) is 9.40. The molecule has 0 saturated heterocycles. The van der Waals surface area contributed by atoms with E-state index in [1.165, 1.54) is 11.3 Å². The number of rotatable bonds is 1. The van der Waals surface area contributed by atoms with Crippen LogP contribution in [0.1, 0.15) is 0 Å². The van der Waals surface area contributed by atoms with Gasteiger partial charge in [-0.1, -0.05) is 0 Å². The van der Waals surface area contributed by atoms with Gasteiger partial charge in [-0.05, 0) is 23.0 Å². The minimum atomic E-state index is -0.337.